The molecule has 1 atom stereocenters. The summed E-state index contributed by atoms with van der Waals surface area (Å²) in [6.45, 7) is 5.12. The van der Waals surface area contributed by atoms with Crippen LogP contribution in [-0.4, -0.2) is 52.4 Å². The highest BCUT2D eigenvalue weighted by Crippen LogP contribution is 2.26. The molecule has 154 valence electrons. The van der Waals surface area contributed by atoms with Crippen molar-refractivity contribution < 1.29 is 14.3 Å². The number of carbonyl (C=O) groups is 2. The first kappa shape index (κ1) is 20.0. The van der Waals surface area contributed by atoms with Crippen molar-refractivity contribution in [3.8, 4) is 0 Å². The van der Waals surface area contributed by atoms with E-state index in [1.165, 1.54) is 0 Å². The molecule has 7 heteroatoms. The number of amides is 2. The Labute approximate surface area is 175 Å². The molecule has 0 unspecified atom stereocenters. The second kappa shape index (κ2) is 8.59. The first-order chi connectivity index (χ1) is 14.5. The van der Waals surface area contributed by atoms with Crippen LogP contribution in [-0.2, 0) is 4.74 Å². The van der Waals surface area contributed by atoms with E-state index in [-0.39, 0.29) is 17.9 Å². The van der Waals surface area contributed by atoms with Crippen molar-refractivity contribution in [1.82, 2.24) is 20.2 Å². The summed E-state index contributed by atoms with van der Waals surface area (Å²) in [7, 11) is 0. The molecule has 0 radical (unpaired) electrons. The van der Waals surface area contributed by atoms with Gasteiger partial charge in [-0.2, -0.15) is 0 Å². The van der Waals surface area contributed by atoms with Crippen LogP contribution in [0.3, 0.4) is 0 Å². The maximum Gasteiger partial charge on any atom is 0.255 e. The monoisotopic (exact) mass is 404 g/mol. The molecule has 0 aliphatic carbocycles. The number of benzene rings is 1. The fourth-order valence-electron chi connectivity index (χ4n) is 3.57. The summed E-state index contributed by atoms with van der Waals surface area (Å²) in [6.07, 6.45) is 2.80. The van der Waals surface area contributed by atoms with E-state index < -0.39 is 6.10 Å². The summed E-state index contributed by atoms with van der Waals surface area (Å²) >= 11 is 0. The summed E-state index contributed by atoms with van der Waals surface area (Å²) in [5.74, 6) is -0.237. The fourth-order valence-corrected chi connectivity index (χ4v) is 3.57. The minimum Gasteiger partial charge on any atom is -0.368 e. The van der Waals surface area contributed by atoms with Gasteiger partial charge < -0.3 is 15.0 Å². The van der Waals surface area contributed by atoms with Crippen LogP contribution in [0.4, 0.5) is 0 Å². The summed E-state index contributed by atoms with van der Waals surface area (Å²) in [6, 6.07) is 12.9. The summed E-state index contributed by atoms with van der Waals surface area (Å²) < 4.78 is 5.94. The molecule has 0 bridgehead atoms. The largest absolute Gasteiger partial charge is 0.368 e. The van der Waals surface area contributed by atoms with Gasteiger partial charge in [-0.25, -0.2) is 4.98 Å². The molecule has 7 nitrogen and oxygen atoms in total. The van der Waals surface area contributed by atoms with E-state index in [4.69, 9.17) is 9.72 Å². The molecule has 0 saturated carbocycles. The van der Waals surface area contributed by atoms with E-state index in [9.17, 15) is 9.59 Å². The first-order valence-electron chi connectivity index (χ1n) is 10.0. The van der Waals surface area contributed by atoms with Gasteiger partial charge >= 0.3 is 0 Å². The van der Waals surface area contributed by atoms with Crippen LogP contribution >= 0.6 is 0 Å². The molecule has 1 N–H and O–H groups in total. The predicted octanol–water partition coefficient (Wildman–Crippen LogP) is 2.98. The van der Waals surface area contributed by atoms with E-state index in [0.717, 1.165) is 10.9 Å². The standard InChI is InChI=1S/C23H24N4O3/c1-15(2)25-22(28)18-12-20(26-19-8-4-3-7-17(18)19)21-14-27(10-11-30-21)23(29)16-6-5-9-24-13-16/h3-9,12-13,15,21H,10-11,14H2,1-2H3,(H,25,28)/t21-/m0/s1. The minimum absolute atomic E-state index is 0.0198. The summed E-state index contributed by atoms with van der Waals surface area (Å²) in [5.41, 5.74) is 2.47. The Hall–Kier alpha value is -3.32. The quantitative estimate of drug-likeness (QED) is 0.723. The van der Waals surface area contributed by atoms with E-state index in [0.29, 0.717) is 36.5 Å². The Morgan fingerprint density at radius 3 is 2.80 bits per heavy atom. The fraction of sp³-hybridized carbons (Fsp3) is 0.304. The van der Waals surface area contributed by atoms with Gasteiger partial charge in [0.25, 0.3) is 11.8 Å². The third-order valence-corrected chi connectivity index (χ3v) is 4.99. The number of para-hydroxylation sites is 1. The number of aromatic nitrogens is 2. The molecule has 1 saturated heterocycles. The van der Waals surface area contributed by atoms with Crippen LogP contribution in [0.25, 0.3) is 10.9 Å². The van der Waals surface area contributed by atoms with Gasteiger partial charge in [-0.3, -0.25) is 14.6 Å². The third kappa shape index (κ3) is 4.16. The van der Waals surface area contributed by atoms with E-state index in [1.807, 2.05) is 38.1 Å². The molecule has 1 fully saturated rings. The highest BCUT2D eigenvalue weighted by atomic mass is 16.5. The molecule has 4 rings (SSSR count). The second-order valence-corrected chi connectivity index (χ2v) is 7.59. The molecule has 2 aromatic heterocycles. The van der Waals surface area contributed by atoms with Crippen molar-refractivity contribution in [3.63, 3.8) is 0 Å². The number of carbonyl (C=O) groups excluding carboxylic acids is 2. The van der Waals surface area contributed by atoms with Crippen LogP contribution < -0.4 is 5.32 Å². The molecule has 30 heavy (non-hydrogen) atoms. The maximum absolute atomic E-state index is 12.8. The first-order valence-corrected chi connectivity index (χ1v) is 10.0. The highest BCUT2D eigenvalue weighted by Gasteiger charge is 2.28. The number of pyridine rings is 2. The second-order valence-electron chi connectivity index (χ2n) is 7.59. The molecular formula is C23H24N4O3. The zero-order valence-electron chi connectivity index (χ0n) is 17.0. The van der Waals surface area contributed by atoms with Crippen molar-refractivity contribution in [2.75, 3.05) is 19.7 Å². The summed E-state index contributed by atoms with van der Waals surface area (Å²) in [4.78, 5) is 36.2. The van der Waals surface area contributed by atoms with E-state index in [2.05, 4.69) is 10.3 Å². The molecule has 1 aliphatic rings. The number of morpholine rings is 1. The van der Waals surface area contributed by atoms with Gasteiger partial charge in [0, 0.05) is 30.4 Å². The topological polar surface area (TPSA) is 84.4 Å². The Morgan fingerprint density at radius 2 is 2.03 bits per heavy atom. The Morgan fingerprint density at radius 1 is 1.20 bits per heavy atom. The van der Waals surface area contributed by atoms with Crippen LogP contribution in [0.5, 0.6) is 0 Å². The number of ether oxygens (including phenoxy) is 1. The molecular weight excluding hydrogens is 380 g/mol. The van der Waals surface area contributed by atoms with Gasteiger partial charge in [-0.1, -0.05) is 18.2 Å². The van der Waals surface area contributed by atoms with Gasteiger partial charge in [-0.05, 0) is 38.1 Å². The molecule has 3 aromatic rings. The van der Waals surface area contributed by atoms with Crippen molar-refractivity contribution in [2.45, 2.75) is 26.0 Å². The molecule has 0 spiro atoms. The lowest BCUT2D eigenvalue weighted by Gasteiger charge is -2.33. The normalized spacial score (nSPS) is 16.6. The van der Waals surface area contributed by atoms with Crippen LogP contribution in [0.2, 0.25) is 0 Å². The number of hydrogen-bond donors (Lipinski definition) is 1. The Bertz CT molecular complexity index is 1070. The number of nitrogens with one attached hydrogen (secondary N) is 1. The van der Waals surface area contributed by atoms with Crippen molar-refractivity contribution in [1.29, 1.82) is 0 Å². The SMILES string of the molecule is CC(C)NC(=O)c1cc([C@@H]2CN(C(=O)c3cccnc3)CCO2)nc2ccccc12. The zero-order valence-corrected chi connectivity index (χ0v) is 17.0. The smallest absolute Gasteiger partial charge is 0.255 e. The molecule has 2 amide bonds. The minimum atomic E-state index is -0.408. The van der Waals surface area contributed by atoms with Gasteiger partial charge in [0.05, 0.1) is 35.5 Å². The predicted molar refractivity (Wildman–Crippen MR) is 113 cm³/mol. The zero-order chi connectivity index (χ0) is 21.1. The van der Waals surface area contributed by atoms with E-state index in [1.54, 1.807) is 35.5 Å². The van der Waals surface area contributed by atoms with Crippen LogP contribution in [0.1, 0.15) is 46.4 Å². The Balaban J connectivity index is 1.65. The number of fused-ring (bicyclic) bond motifs is 1. The van der Waals surface area contributed by atoms with Crippen molar-refractivity contribution in [2.24, 2.45) is 0 Å². The maximum atomic E-state index is 12.8. The lowest BCUT2D eigenvalue weighted by atomic mass is 10.0. The average Bonchev–Trinajstić information content (AvgIpc) is 2.78. The summed E-state index contributed by atoms with van der Waals surface area (Å²) in [5, 5.41) is 3.74. The third-order valence-electron chi connectivity index (χ3n) is 4.99. The molecule has 1 aromatic carbocycles. The number of nitrogens with zero attached hydrogens (tertiary/aromatic N) is 3. The number of hydrogen-bond acceptors (Lipinski definition) is 5. The van der Waals surface area contributed by atoms with Crippen LogP contribution in [0, 0.1) is 0 Å². The van der Waals surface area contributed by atoms with Crippen molar-refractivity contribution in [3.05, 3.63) is 71.7 Å². The highest BCUT2D eigenvalue weighted by molar-refractivity contribution is 6.06. The lowest BCUT2D eigenvalue weighted by molar-refractivity contribution is -0.0246. The van der Waals surface area contributed by atoms with Gasteiger partial charge in [-0.15, -0.1) is 0 Å². The number of rotatable bonds is 4. The van der Waals surface area contributed by atoms with E-state index >= 15 is 0 Å². The van der Waals surface area contributed by atoms with Crippen LogP contribution in [0.15, 0.2) is 54.9 Å². The Kier molecular flexibility index (Phi) is 5.72. The molecule has 1 aliphatic heterocycles. The lowest BCUT2D eigenvalue weighted by Crippen LogP contribution is -2.42. The van der Waals surface area contributed by atoms with Gasteiger partial charge in [0.1, 0.15) is 6.10 Å². The van der Waals surface area contributed by atoms with Gasteiger partial charge in [0.15, 0.2) is 0 Å². The average molecular weight is 404 g/mol. The molecule has 3 heterocycles. The van der Waals surface area contributed by atoms with Gasteiger partial charge in [0.2, 0.25) is 0 Å². The van der Waals surface area contributed by atoms with Crippen molar-refractivity contribution >= 4 is 22.7 Å².